The van der Waals surface area contributed by atoms with Crippen molar-refractivity contribution >= 4 is 11.8 Å². The highest BCUT2D eigenvalue weighted by molar-refractivity contribution is 7.99. The minimum absolute atomic E-state index is 0.0638. The van der Waals surface area contributed by atoms with E-state index in [4.69, 9.17) is 0 Å². The fourth-order valence-corrected chi connectivity index (χ4v) is 3.59. The van der Waals surface area contributed by atoms with Gasteiger partial charge in [0, 0.05) is 23.2 Å². The summed E-state index contributed by atoms with van der Waals surface area (Å²) < 4.78 is 14.0. The highest BCUT2D eigenvalue weighted by Gasteiger charge is 2.16. The van der Waals surface area contributed by atoms with Gasteiger partial charge < -0.3 is 5.32 Å². The SMILES string of the molecule is CC(C)NCc1ccc(SCC2CCCC2)c(F)c1. The molecule has 0 heterocycles. The number of hydrogen-bond donors (Lipinski definition) is 1. The van der Waals surface area contributed by atoms with Gasteiger partial charge >= 0.3 is 0 Å². The van der Waals surface area contributed by atoms with Gasteiger partial charge in [0.15, 0.2) is 0 Å². The van der Waals surface area contributed by atoms with Crippen LogP contribution in [0.5, 0.6) is 0 Å². The average molecular weight is 281 g/mol. The number of benzene rings is 1. The molecule has 0 amide bonds. The third kappa shape index (κ3) is 4.81. The number of nitrogens with one attached hydrogen (secondary N) is 1. The van der Waals surface area contributed by atoms with Crippen LogP contribution < -0.4 is 5.32 Å². The predicted molar refractivity (Wildman–Crippen MR) is 81.1 cm³/mol. The van der Waals surface area contributed by atoms with Gasteiger partial charge in [-0.05, 0) is 36.5 Å². The Kier molecular flexibility index (Phi) is 5.71. The van der Waals surface area contributed by atoms with E-state index in [1.807, 2.05) is 12.1 Å². The van der Waals surface area contributed by atoms with Crippen LogP contribution in [-0.4, -0.2) is 11.8 Å². The molecule has 1 aromatic rings. The lowest BCUT2D eigenvalue weighted by Crippen LogP contribution is -2.21. The zero-order valence-corrected chi connectivity index (χ0v) is 12.7. The summed E-state index contributed by atoms with van der Waals surface area (Å²) in [5.41, 5.74) is 1.02. The maximum Gasteiger partial charge on any atom is 0.137 e. The van der Waals surface area contributed by atoms with Crippen LogP contribution in [0.25, 0.3) is 0 Å². The van der Waals surface area contributed by atoms with E-state index in [1.165, 1.54) is 25.7 Å². The Labute approximate surface area is 120 Å². The van der Waals surface area contributed by atoms with E-state index >= 15 is 0 Å². The second-order valence-corrected chi connectivity index (χ2v) is 6.82. The van der Waals surface area contributed by atoms with Crippen LogP contribution in [0.2, 0.25) is 0 Å². The predicted octanol–water partition coefficient (Wildman–Crippen LogP) is 4.61. The summed E-state index contributed by atoms with van der Waals surface area (Å²) in [6.07, 6.45) is 5.36. The molecule has 1 saturated carbocycles. The van der Waals surface area contributed by atoms with Crippen molar-refractivity contribution in [2.45, 2.75) is 57.0 Å². The molecule has 1 aromatic carbocycles. The first-order valence-electron chi connectivity index (χ1n) is 7.30. The van der Waals surface area contributed by atoms with Gasteiger partial charge in [-0.25, -0.2) is 4.39 Å². The highest BCUT2D eigenvalue weighted by atomic mass is 32.2. The lowest BCUT2D eigenvalue weighted by Gasteiger charge is -2.11. The largest absolute Gasteiger partial charge is 0.310 e. The molecule has 1 N–H and O–H groups in total. The fourth-order valence-electron chi connectivity index (χ4n) is 2.48. The Morgan fingerprint density at radius 3 is 2.68 bits per heavy atom. The van der Waals surface area contributed by atoms with Crippen molar-refractivity contribution in [3.8, 4) is 0 Å². The van der Waals surface area contributed by atoms with Gasteiger partial charge in [0.2, 0.25) is 0 Å². The average Bonchev–Trinajstić information content (AvgIpc) is 2.88. The lowest BCUT2D eigenvalue weighted by atomic mass is 10.1. The van der Waals surface area contributed by atoms with Crippen LogP contribution in [0.4, 0.5) is 4.39 Å². The Morgan fingerprint density at radius 1 is 1.32 bits per heavy atom. The normalized spacial score (nSPS) is 16.4. The monoisotopic (exact) mass is 281 g/mol. The Hall–Kier alpha value is -0.540. The van der Waals surface area contributed by atoms with E-state index < -0.39 is 0 Å². The van der Waals surface area contributed by atoms with Gasteiger partial charge in [0.25, 0.3) is 0 Å². The van der Waals surface area contributed by atoms with E-state index in [0.29, 0.717) is 6.04 Å². The maximum absolute atomic E-state index is 14.0. The minimum atomic E-state index is -0.0638. The fraction of sp³-hybridized carbons (Fsp3) is 0.625. The molecular weight excluding hydrogens is 257 g/mol. The third-order valence-electron chi connectivity index (χ3n) is 3.66. The summed E-state index contributed by atoms with van der Waals surface area (Å²) in [4.78, 5) is 0.806. The van der Waals surface area contributed by atoms with Gasteiger partial charge in [-0.1, -0.05) is 32.8 Å². The molecule has 19 heavy (non-hydrogen) atoms. The van der Waals surface area contributed by atoms with Crippen molar-refractivity contribution in [1.82, 2.24) is 5.32 Å². The molecule has 0 aliphatic heterocycles. The third-order valence-corrected chi connectivity index (χ3v) is 4.94. The van der Waals surface area contributed by atoms with Crippen molar-refractivity contribution < 1.29 is 4.39 Å². The number of rotatable bonds is 6. The molecule has 0 aromatic heterocycles. The maximum atomic E-state index is 14.0. The first-order valence-corrected chi connectivity index (χ1v) is 8.28. The molecule has 1 nitrogen and oxygen atoms in total. The lowest BCUT2D eigenvalue weighted by molar-refractivity contribution is 0.573. The van der Waals surface area contributed by atoms with Gasteiger partial charge in [-0.3, -0.25) is 0 Å². The van der Waals surface area contributed by atoms with Crippen molar-refractivity contribution in [3.05, 3.63) is 29.6 Å². The molecule has 1 aliphatic rings. The summed E-state index contributed by atoms with van der Waals surface area (Å²) in [7, 11) is 0. The summed E-state index contributed by atoms with van der Waals surface area (Å²) in [5.74, 6) is 1.80. The van der Waals surface area contributed by atoms with Gasteiger partial charge in [-0.15, -0.1) is 11.8 Å². The van der Waals surface area contributed by atoms with Crippen LogP contribution in [0.3, 0.4) is 0 Å². The summed E-state index contributed by atoms with van der Waals surface area (Å²) >= 11 is 1.68. The number of thioether (sulfide) groups is 1. The highest BCUT2D eigenvalue weighted by Crippen LogP contribution is 2.32. The van der Waals surface area contributed by atoms with Crippen molar-refractivity contribution in [2.75, 3.05) is 5.75 Å². The van der Waals surface area contributed by atoms with Crippen LogP contribution >= 0.6 is 11.8 Å². The Morgan fingerprint density at radius 2 is 2.05 bits per heavy atom. The van der Waals surface area contributed by atoms with Gasteiger partial charge in [-0.2, -0.15) is 0 Å². The van der Waals surface area contributed by atoms with Crippen LogP contribution in [-0.2, 0) is 6.54 Å². The Balaban J connectivity index is 1.87. The molecule has 106 valence electrons. The van der Waals surface area contributed by atoms with Crippen LogP contribution in [0.1, 0.15) is 45.1 Å². The molecule has 2 rings (SSSR count). The molecule has 0 radical (unpaired) electrons. The first kappa shape index (κ1) is 14.9. The quantitative estimate of drug-likeness (QED) is 0.764. The van der Waals surface area contributed by atoms with Crippen LogP contribution in [0.15, 0.2) is 23.1 Å². The summed E-state index contributed by atoms with van der Waals surface area (Å²) in [6, 6.07) is 6.08. The second kappa shape index (κ2) is 7.30. The van der Waals surface area contributed by atoms with E-state index in [1.54, 1.807) is 17.8 Å². The molecule has 0 saturated heterocycles. The van der Waals surface area contributed by atoms with Gasteiger partial charge in [0.05, 0.1) is 0 Å². The van der Waals surface area contributed by atoms with Crippen molar-refractivity contribution in [3.63, 3.8) is 0 Å². The number of hydrogen-bond acceptors (Lipinski definition) is 2. The summed E-state index contributed by atoms with van der Waals surface area (Å²) in [6.45, 7) is 4.94. The van der Waals surface area contributed by atoms with Crippen molar-refractivity contribution in [2.24, 2.45) is 5.92 Å². The summed E-state index contributed by atoms with van der Waals surface area (Å²) in [5, 5.41) is 3.31. The Bertz CT molecular complexity index is 400. The van der Waals surface area contributed by atoms with E-state index in [0.717, 1.165) is 28.7 Å². The molecule has 0 atom stereocenters. The molecule has 0 spiro atoms. The second-order valence-electron chi connectivity index (χ2n) is 5.76. The zero-order valence-electron chi connectivity index (χ0n) is 11.9. The zero-order chi connectivity index (χ0) is 13.7. The molecule has 3 heteroatoms. The molecule has 0 bridgehead atoms. The number of halogens is 1. The topological polar surface area (TPSA) is 12.0 Å². The molecule has 1 fully saturated rings. The van der Waals surface area contributed by atoms with Crippen LogP contribution in [0, 0.1) is 11.7 Å². The van der Waals surface area contributed by atoms with E-state index in [2.05, 4.69) is 19.2 Å². The smallest absolute Gasteiger partial charge is 0.137 e. The van der Waals surface area contributed by atoms with E-state index in [-0.39, 0.29) is 5.82 Å². The first-order chi connectivity index (χ1) is 9.15. The van der Waals surface area contributed by atoms with Gasteiger partial charge in [0.1, 0.15) is 5.82 Å². The molecule has 1 aliphatic carbocycles. The molecular formula is C16H24FNS. The van der Waals surface area contributed by atoms with Crippen molar-refractivity contribution in [1.29, 1.82) is 0 Å². The van der Waals surface area contributed by atoms with E-state index in [9.17, 15) is 4.39 Å². The standard InChI is InChI=1S/C16H24FNS/c1-12(2)18-10-14-7-8-16(15(17)9-14)19-11-13-5-3-4-6-13/h7-9,12-13,18H,3-6,10-11H2,1-2H3. The minimum Gasteiger partial charge on any atom is -0.310 e. The molecule has 0 unspecified atom stereocenters.